The largest absolute Gasteiger partial charge is 0.345 e. The van der Waals surface area contributed by atoms with E-state index in [0.29, 0.717) is 0 Å². The van der Waals surface area contributed by atoms with Gasteiger partial charge < -0.3 is 10.2 Å². The number of hydrogen-bond acceptors (Lipinski definition) is 2. The summed E-state index contributed by atoms with van der Waals surface area (Å²) in [5, 5.41) is 2.51. The van der Waals surface area contributed by atoms with Gasteiger partial charge in [0, 0.05) is 4.47 Å². The van der Waals surface area contributed by atoms with Crippen LogP contribution in [0, 0.1) is 0 Å². The Morgan fingerprint density at radius 2 is 2.00 bits per heavy atom. The molecule has 1 aliphatic rings. The average Bonchev–Trinajstić information content (AvgIpc) is 2.23. The quantitative estimate of drug-likeness (QED) is 0.823. The Bertz CT molecular complexity index is 420. The average molecular weight is 269 g/mol. The van der Waals surface area contributed by atoms with Crippen LogP contribution in [0.2, 0.25) is 0 Å². The minimum Gasteiger partial charge on any atom is -0.345 e. The molecule has 0 bridgehead atoms. The van der Waals surface area contributed by atoms with Crippen molar-refractivity contribution < 1.29 is 9.59 Å². The summed E-state index contributed by atoms with van der Waals surface area (Å²) >= 11 is 3.35. The Morgan fingerprint density at radius 1 is 1.27 bits per heavy atom. The van der Waals surface area contributed by atoms with Crippen molar-refractivity contribution in [2.45, 2.75) is 0 Å². The third-order valence-electron chi connectivity index (χ3n) is 2.18. The summed E-state index contributed by atoms with van der Waals surface area (Å²) in [4.78, 5) is 24.2. The van der Waals surface area contributed by atoms with E-state index in [1.165, 1.54) is 4.90 Å². The minimum atomic E-state index is -0.134. The summed E-state index contributed by atoms with van der Waals surface area (Å²) in [5.74, 6) is -0.230. The molecule has 0 spiro atoms. The third-order valence-corrected chi connectivity index (χ3v) is 2.85. The number of rotatable bonds is 1. The van der Waals surface area contributed by atoms with E-state index in [2.05, 4.69) is 21.2 Å². The zero-order chi connectivity index (χ0) is 10.8. The van der Waals surface area contributed by atoms with Gasteiger partial charge in [-0.05, 0) is 28.1 Å². The van der Waals surface area contributed by atoms with E-state index in [4.69, 9.17) is 0 Å². The lowest BCUT2D eigenvalue weighted by Crippen LogP contribution is -2.51. The zero-order valence-corrected chi connectivity index (χ0v) is 9.45. The van der Waals surface area contributed by atoms with Crippen LogP contribution in [0.5, 0.6) is 0 Å². The molecule has 1 aromatic rings. The Balaban J connectivity index is 2.33. The van der Waals surface area contributed by atoms with Crippen LogP contribution in [0.15, 0.2) is 28.7 Å². The minimum absolute atomic E-state index is 0.0696. The molecule has 1 N–H and O–H groups in total. The zero-order valence-electron chi connectivity index (χ0n) is 7.87. The van der Waals surface area contributed by atoms with Crippen LogP contribution in [-0.4, -0.2) is 24.9 Å². The van der Waals surface area contributed by atoms with Crippen LogP contribution in [0.4, 0.5) is 5.69 Å². The molecular weight excluding hydrogens is 260 g/mol. The van der Waals surface area contributed by atoms with E-state index < -0.39 is 0 Å². The lowest BCUT2D eigenvalue weighted by atomic mass is 10.2. The van der Waals surface area contributed by atoms with E-state index in [1.807, 2.05) is 18.2 Å². The molecule has 2 amide bonds. The summed E-state index contributed by atoms with van der Waals surface area (Å²) in [6.07, 6.45) is 0. The fraction of sp³-hybridized carbons (Fsp3) is 0.200. The van der Waals surface area contributed by atoms with Crippen LogP contribution < -0.4 is 10.2 Å². The molecule has 5 heteroatoms. The van der Waals surface area contributed by atoms with Crippen molar-refractivity contribution in [1.29, 1.82) is 0 Å². The van der Waals surface area contributed by atoms with Crippen LogP contribution >= 0.6 is 15.9 Å². The van der Waals surface area contributed by atoms with Gasteiger partial charge in [-0.3, -0.25) is 9.59 Å². The molecule has 1 fully saturated rings. The van der Waals surface area contributed by atoms with Crippen molar-refractivity contribution in [2.75, 3.05) is 18.0 Å². The smallest absolute Gasteiger partial charge is 0.246 e. The fourth-order valence-corrected chi connectivity index (χ4v) is 1.95. The number of hydrogen-bond donors (Lipinski definition) is 1. The highest BCUT2D eigenvalue weighted by Crippen LogP contribution is 2.26. The van der Waals surface area contributed by atoms with Gasteiger partial charge in [0.2, 0.25) is 11.8 Å². The summed E-state index contributed by atoms with van der Waals surface area (Å²) in [6.45, 7) is 0.154. The second kappa shape index (κ2) is 4.02. The summed E-state index contributed by atoms with van der Waals surface area (Å²) in [6, 6.07) is 7.34. The Hall–Kier alpha value is -1.36. The maximum Gasteiger partial charge on any atom is 0.246 e. The Labute approximate surface area is 95.4 Å². The first-order valence-corrected chi connectivity index (χ1v) is 5.29. The van der Waals surface area contributed by atoms with Gasteiger partial charge >= 0.3 is 0 Å². The molecule has 0 unspecified atom stereocenters. The summed E-state index contributed by atoms with van der Waals surface area (Å²) < 4.78 is 0.813. The molecule has 1 saturated heterocycles. The van der Waals surface area contributed by atoms with Crippen molar-refractivity contribution in [3.05, 3.63) is 28.7 Å². The van der Waals surface area contributed by atoms with E-state index in [1.54, 1.807) is 6.07 Å². The second-order valence-corrected chi connectivity index (χ2v) is 4.06. The molecule has 2 rings (SSSR count). The van der Waals surface area contributed by atoms with E-state index in [-0.39, 0.29) is 24.9 Å². The molecule has 0 atom stereocenters. The number of para-hydroxylation sites is 1. The maximum absolute atomic E-state index is 11.6. The lowest BCUT2D eigenvalue weighted by Gasteiger charge is -2.27. The highest BCUT2D eigenvalue weighted by atomic mass is 79.9. The molecule has 0 aliphatic carbocycles. The van der Waals surface area contributed by atoms with E-state index in [9.17, 15) is 9.59 Å². The number of nitrogens with zero attached hydrogens (tertiary/aromatic N) is 1. The van der Waals surface area contributed by atoms with Gasteiger partial charge in [-0.2, -0.15) is 0 Å². The van der Waals surface area contributed by atoms with Gasteiger partial charge in [0.15, 0.2) is 0 Å². The molecule has 0 saturated carbocycles. The first-order chi connectivity index (χ1) is 7.18. The number of nitrogens with one attached hydrogen (secondary N) is 1. The van der Waals surface area contributed by atoms with Gasteiger partial charge in [-0.1, -0.05) is 12.1 Å². The van der Waals surface area contributed by atoms with Gasteiger partial charge in [0.25, 0.3) is 0 Å². The SMILES string of the molecule is O=C1CN(c2ccccc2Br)C(=O)CN1. The number of carbonyl (C=O) groups is 2. The van der Waals surface area contributed by atoms with Gasteiger partial charge in [0.1, 0.15) is 6.54 Å². The van der Waals surface area contributed by atoms with Crippen LogP contribution in [0.25, 0.3) is 0 Å². The molecule has 0 aromatic heterocycles. The fourth-order valence-electron chi connectivity index (χ4n) is 1.45. The molecule has 1 aliphatic heterocycles. The molecule has 1 heterocycles. The topological polar surface area (TPSA) is 49.4 Å². The van der Waals surface area contributed by atoms with Gasteiger partial charge in [-0.15, -0.1) is 0 Å². The Kier molecular flexibility index (Phi) is 2.73. The molecule has 15 heavy (non-hydrogen) atoms. The van der Waals surface area contributed by atoms with Crippen LogP contribution in [0.1, 0.15) is 0 Å². The van der Waals surface area contributed by atoms with Gasteiger partial charge in [0.05, 0.1) is 12.2 Å². The highest BCUT2D eigenvalue weighted by Gasteiger charge is 2.25. The van der Waals surface area contributed by atoms with Crippen molar-refractivity contribution >= 4 is 33.4 Å². The third kappa shape index (κ3) is 2.02. The van der Waals surface area contributed by atoms with Gasteiger partial charge in [-0.25, -0.2) is 0 Å². The molecule has 78 valence electrons. The number of piperazine rings is 1. The lowest BCUT2D eigenvalue weighted by molar-refractivity contribution is -0.128. The first kappa shape index (κ1) is 10.2. The first-order valence-electron chi connectivity index (χ1n) is 4.50. The molecule has 1 aromatic carbocycles. The normalized spacial score (nSPS) is 16.5. The predicted octanol–water partition coefficient (Wildman–Crippen LogP) is 0.912. The van der Waals surface area contributed by atoms with E-state index in [0.717, 1.165) is 10.2 Å². The number of carbonyl (C=O) groups excluding carboxylic acids is 2. The number of anilines is 1. The summed E-state index contributed by atoms with van der Waals surface area (Å²) in [5.41, 5.74) is 0.734. The second-order valence-electron chi connectivity index (χ2n) is 3.21. The number of amides is 2. The van der Waals surface area contributed by atoms with Crippen molar-refractivity contribution in [3.63, 3.8) is 0 Å². The Morgan fingerprint density at radius 3 is 2.73 bits per heavy atom. The number of halogens is 1. The van der Waals surface area contributed by atoms with Crippen molar-refractivity contribution in [1.82, 2.24) is 5.32 Å². The van der Waals surface area contributed by atoms with Crippen molar-refractivity contribution in [2.24, 2.45) is 0 Å². The van der Waals surface area contributed by atoms with Crippen LogP contribution in [-0.2, 0) is 9.59 Å². The monoisotopic (exact) mass is 268 g/mol. The standard InChI is InChI=1S/C10H9BrN2O2/c11-7-3-1-2-4-8(7)13-6-9(14)12-5-10(13)15/h1-4H,5-6H2,(H,12,14). The molecular formula is C10H9BrN2O2. The van der Waals surface area contributed by atoms with E-state index >= 15 is 0 Å². The van der Waals surface area contributed by atoms with Crippen LogP contribution in [0.3, 0.4) is 0 Å². The maximum atomic E-state index is 11.6. The predicted molar refractivity (Wildman–Crippen MR) is 59.5 cm³/mol. The molecule has 4 nitrogen and oxygen atoms in total. The van der Waals surface area contributed by atoms with Crippen molar-refractivity contribution in [3.8, 4) is 0 Å². The molecule has 0 radical (unpaired) electrons. The summed E-state index contributed by atoms with van der Waals surface area (Å²) in [7, 11) is 0. The number of benzene rings is 1. The highest BCUT2D eigenvalue weighted by molar-refractivity contribution is 9.10.